The van der Waals surface area contributed by atoms with Crippen LogP contribution in [0, 0.1) is 5.92 Å². The third-order valence-corrected chi connectivity index (χ3v) is 4.27. The molecule has 3 rings (SSSR count). The molecule has 0 saturated carbocycles. The Labute approximate surface area is 151 Å². The summed E-state index contributed by atoms with van der Waals surface area (Å²) in [5.74, 6) is -0.0400. The van der Waals surface area contributed by atoms with Crippen LogP contribution in [0.1, 0.15) is 10.4 Å². The van der Waals surface area contributed by atoms with E-state index in [9.17, 15) is 9.90 Å². The van der Waals surface area contributed by atoms with Crippen LogP contribution in [-0.4, -0.2) is 41.7 Å². The number of hydrogen-bond acceptors (Lipinski definition) is 5. The van der Waals surface area contributed by atoms with Crippen molar-refractivity contribution in [3.63, 3.8) is 0 Å². The molecule has 1 aromatic carbocycles. The number of carbonyl (C=O) groups is 1. The van der Waals surface area contributed by atoms with Gasteiger partial charge in [-0.2, -0.15) is 0 Å². The van der Waals surface area contributed by atoms with Crippen LogP contribution in [-0.2, 0) is 0 Å². The number of benzene rings is 1. The second kappa shape index (κ2) is 9.20. The van der Waals surface area contributed by atoms with Crippen molar-refractivity contribution < 1.29 is 9.90 Å². The highest BCUT2D eigenvalue weighted by Gasteiger charge is 2.25. The SMILES string of the molecule is Cl.Cl.O=C(NCC1CNCC1O)c1cccc(-c2cscn2)c1. The lowest BCUT2D eigenvalue weighted by Crippen LogP contribution is -2.34. The van der Waals surface area contributed by atoms with E-state index in [2.05, 4.69) is 15.6 Å². The van der Waals surface area contributed by atoms with Gasteiger partial charge in [0.25, 0.3) is 5.91 Å². The predicted molar refractivity (Wildman–Crippen MR) is 96.7 cm³/mol. The smallest absolute Gasteiger partial charge is 0.251 e. The Morgan fingerprint density at radius 2 is 2.22 bits per heavy atom. The van der Waals surface area contributed by atoms with Crippen molar-refractivity contribution in [1.82, 2.24) is 15.6 Å². The van der Waals surface area contributed by atoms with Crippen LogP contribution in [0.15, 0.2) is 35.2 Å². The van der Waals surface area contributed by atoms with Gasteiger partial charge in [0.1, 0.15) is 0 Å². The highest BCUT2D eigenvalue weighted by Crippen LogP contribution is 2.20. The van der Waals surface area contributed by atoms with Crippen molar-refractivity contribution >= 4 is 42.1 Å². The van der Waals surface area contributed by atoms with Crippen LogP contribution in [0.2, 0.25) is 0 Å². The van der Waals surface area contributed by atoms with Gasteiger partial charge in [0, 0.05) is 42.1 Å². The Balaban J connectivity index is 0.00000132. The standard InChI is InChI=1S/C15H17N3O2S.2ClH/c19-14-7-16-5-12(14)6-17-15(20)11-3-1-2-10(4-11)13-8-21-9-18-13;;/h1-4,8-9,12,14,16,19H,5-7H2,(H,17,20);2*1H. The monoisotopic (exact) mass is 375 g/mol. The molecule has 2 aromatic rings. The number of rotatable bonds is 4. The topological polar surface area (TPSA) is 74.2 Å². The van der Waals surface area contributed by atoms with Gasteiger partial charge in [0.15, 0.2) is 0 Å². The lowest BCUT2D eigenvalue weighted by molar-refractivity contribution is 0.0927. The minimum Gasteiger partial charge on any atom is -0.391 e. The van der Waals surface area contributed by atoms with Gasteiger partial charge in [-0.25, -0.2) is 4.98 Å². The van der Waals surface area contributed by atoms with E-state index >= 15 is 0 Å². The third-order valence-electron chi connectivity index (χ3n) is 3.68. The summed E-state index contributed by atoms with van der Waals surface area (Å²) in [4.78, 5) is 16.5. The average molecular weight is 376 g/mol. The molecule has 0 bridgehead atoms. The Hall–Kier alpha value is -1.18. The van der Waals surface area contributed by atoms with Gasteiger partial charge < -0.3 is 15.7 Å². The van der Waals surface area contributed by atoms with Gasteiger partial charge in [-0.15, -0.1) is 36.2 Å². The fraction of sp³-hybridized carbons (Fsp3) is 0.333. The van der Waals surface area contributed by atoms with Crippen LogP contribution in [0.25, 0.3) is 11.3 Å². The molecule has 23 heavy (non-hydrogen) atoms. The summed E-state index contributed by atoms with van der Waals surface area (Å²) in [5.41, 5.74) is 4.20. The maximum Gasteiger partial charge on any atom is 0.251 e. The van der Waals surface area contributed by atoms with Gasteiger partial charge in [-0.1, -0.05) is 12.1 Å². The number of nitrogens with zero attached hydrogens (tertiary/aromatic N) is 1. The zero-order chi connectivity index (χ0) is 14.7. The van der Waals surface area contributed by atoms with Gasteiger partial charge in [0.05, 0.1) is 17.3 Å². The Morgan fingerprint density at radius 1 is 1.39 bits per heavy atom. The molecular formula is C15H19Cl2N3O2S. The maximum absolute atomic E-state index is 12.2. The fourth-order valence-corrected chi connectivity index (χ4v) is 2.99. The van der Waals surface area contributed by atoms with Crippen molar-refractivity contribution in [3.05, 3.63) is 40.7 Å². The second-order valence-corrected chi connectivity index (χ2v) is 5.87. The zero-order valence-corrected chi connectivity index (χ0v) is 14.7. The number of halogens is 2. The number of nitrogens with one attached hydrogen (secondary N) is 2. The van der Waals surface area contributed by atoms with E-state index in [0.717, 1.165) is 17.8 Å². The zero-order valence-electron chi connectivity index (χ0n) is 12.3. The number of thiazole rings is 1. The van der Waals surface area contributed by atoms with Gasteiger partial charge in [0.2, 0.25) is 0 Å². The van der Waals surface area contributed by atoms with Crippen molar-refractivity contribution in [2.45, 2.75) is 6.10 Å². The Bertz CT molecular complexity index is 625. The molecule has 1 fully saturated rings. The highest BCUT2D eigenvalue weighted by molar-refractivity contribution is 7.07. The summed E-state index contributed by atoms with van der Waals surface area (Å²) in [5, 5.41) is 17.7. The first-order valence-corrected chi connectivity index (χ1v) is 7.84. The van der Waals surface area contributed by atoms with Crippen LogP contribution in [0.3, 0.4) is 0 Å². The van der Waals surface area contributed by atoms with E-state index in [-0.39, 0.29) is 42.7 Å². The van der Waals surface area contributed by atoms with E-state index in [4.69, 9.17) is 0 Å². The first kappa shape index (κ1) is 19.9. The first-order chi connectivity index (χ1) is 10.2. The number of carbonyl (C=O) groups excluding carboxylic acids is 1. The average Bonchev–Trinajstić information content (AvgIpc) is 3.16. The molecular weight excluding hydrogens is 357 g/mol. The normalized spacial score (nSPS) is 19.5. The van der Waals surface area contributed by atoms with Gasteiger partial charge >= 0.3 is 0 Å². The molecule has 0 radical (unpaired) electrons. The number of aliphatic hydroxyl groups excluding tert-OH is 1. The van der Waals surface area contributed by atoms with Crippen LogP contribution in [0.4, 0.5) is 0 Å². The molecule has 1 aliphatic rings. The van der Waals surface area contributed by atoms with E-state index in [1.54, 1.807) is 11.6 Å². The van der Waals surface area contributed by atoms with Crippen molar-refractivity contribution in [3.8, 4) is 11.3 Å². The molecule has 1 aliphatic heterocycles. The van der Waals surface area contributed by atoms with Gasteiger partial charge in [-0.05, 0) is 12.1 Å². The summed E-state index contributed by atoms with van der Waals surface area (Å²) in [6.07, 6.45) is -0.383. The summed E-state index contributed by atoms with van der Waals surface area (Å²) in [6, 6.07) is 7.42. The Morgan fingerprint density at radius 3 is 2.87 bits per heavy atom. The Kier molecular flexibility index (Phi) is 7.94. The number of β-amino-alcohol motifs (C(OH)–C–C–N with tert-alkyl or cyclic N) is 1. The van der Waals surface area contributed by atoms with Crippen molar-refractivity contribution in [2.75, 3.05) is 19.6 Å². The quantitative estimate of drug-likeness (QED) is 0.763. The second-order valence-electron chi connectivity index (χ2n) is 5.15. The number of aromatic nitrogens is 1. The molecule has 2 atom stereocenters. The summed E-state index contributed by atoms with van der Waals surface area (Å²) in [6.45, 7) is 1.81. The van der Waals surface area contributed by atoms with Crippen LogP contribution in [0.5, 0.6) is 0 Å². The number of hydrogen-bond donors (Lipinski definition) is 3. The minimum absolute atomic E-state index is 0. The van der Waals surface area contributed by atoms with Crippen LogP contribution < -0.4 is 10.6 Å². The summed E-state index contributed by atoms with van der Waals surface area (Å²) < 4.78 is 0. The minimum atomic E-state index is -0.383. The molecule has 2 heterocycles. The largest absolute Gasteiger partial charge is 0.391 e. The molecule has 0 spiro atoms. The maximum atomic E-state index is 12.2. The molecule has 8 heteroatoms. The molecule has 5 nitrogen and oxygen atoms in total. The summed E-state index contributed by atoms with van der Waals surface area (Å²) >= 11 is 1.53. The van der Waals surface area contributed by atoms with E-state index in [0.29, 0.717) is 18.7 Å². The predicted octanol–water partition coefficient (Wildman–Crippen LogP) is 1.96. The number of amides is 1. The van der Waals surface area contributed by atoms with Gasteiger partial charge in [-0.3, -0.25) is 4.79 Å². The molecule has 126 valence electrons. The molecule has 1 aromatic heterocycles. The first-order valence-electron chi connectivity index (χ1n) is 6.89. The van der Waals surface area contributed by atoms with Crippen molar-refractivity contribution in [1.29, 1.82) is 0 Å². The van der Waals surface area contributed by atoms with Crippen molar-refractivity contribution in [2.24, 2.45) is 5.92 Å². The number of aliphatic hydroxyl groups is 1. The molecule has 1 saturated heterocycles. The van der Waals surface area contributed by atoms with E-state index in [1.165, 1.54) is 11.3 Å². The van der Waals surface area contributed by atoms with E-state index < -0.39 is 0 Å². The summed E-state index contributed by atoms with van der Waals surface area (Å²) in [7, 11) is 0. The van der Waals surface area contributed by atoms with Crippen LogP contribution >= 0.6 is 36.2 Å². The van der Waals surface area contributed by atoms with E-state index in [1.807, 2.05) is 23.6 Å². The lowest BCUT2D eigenvalue weighted by Gasteiger charge is -2.14. The lowest BCUT2D eigenvalue weighted by atomic mass is 10.1. The molecule has 0 aliphatic carbocycles. The fourth-order valence-electron chi connectivity index (χ4n) is 2.43. The molecule has 2 unspecified atom stereocenters. The third kappa shape index (κ3) is 4.89. The molecule has 1 amide bonds. The molecule has 3 N–H and O–H groups in total. The highest BCUT2D eigenvalue weighted by atomic mass is 35.5.